The molecule has 2 saturated carbocycles. The summed E-state index contributed by atoms with van der Waals surface area (Å²) in [5, 5.41) is 0.291. The van der Waals surface area contributed by atoms with Crippen molar-refractivity contribution in [2.75, 3.05) is 4.90 Å². The highest BCUT2D eigenvalue weighted by molar-refractivity contribution is 6.32. The van der Waals surface area contributed by atoms with Crippen LogP contribution in [0.25, 0.3) is 0 Å². The molecule has 1 aromatic rings. The molecule has 4 nitrogen and oxygen atoms in total. The van der Waals surface area contributed by atoms with E-state index in [0.717, 1.165) is 24.2 Å². The van der Waals surface area contributed by atoms with Gasteiger partial charge in [-0.3, -0.25) is 9.69 Å². The molecular formula is C21H22ClF2NO3. The fourth-order valence-corrected chi connectivity index (χ4v) is 4.04. The van der Waals surface area contributed by atoms with Crippen molar-refractivity contribution in [2.45, 2.75) is 69.4 Å². The quantitative estimate of drug-likeness (QED) is 0.523. The molecule has 0 unspecified atom stereocenters. The Hall–Kier alpha value is -2.13. The molecular weight excluding hydrogens is 388 g/mol. The number of carbonyl (C=O) groups excluding carboxylic acids is 2. The Morgan fingerprint density at radius 3 is 2.43 bits per heavy atom. The molecule has 0 atom stereocenters. The minimum Gasteiger partial charge on any atom is -0.489 e. The maximum absolute atomic E-state index is 13.7. The number of hydrogen-bond acceptors (Lipinski definition) is 3. The molecule has 0 N–H and O–H groups in total. The van der Waals surface area contributed by atoms with Crippen LogP contribution in [0.15, 0.2) is 12.1 Å². The highest BCUT2D eigenvalue weighted by Crippen LogP contribution is 2.44. The number of benzene rings is 1. The van der Waals surface area contributed by atoms with Crippen LogP contribution in [0.2, 0.25) is 5.02 Å². The number of amides is 1. The first-order valence-corrected chi connectivity index (χ1v) is 9.71. The molecule has 7 heteroatoms. The second-order valence-corrected chi connectivity index (χ2v) is 8.01. The molecule has 2 fully saturated rings. The van der Waals surface area contributed by atoms with Crippen molar-refractivity contribution in [1.29, 1.82) is 0 Å². The average molecular weight is 410 g/mol. The minimum atomic E-state index is -2.86. The van der Waals surface area contributed by atoms with Gasteiger partial charge in [-0.2, -0.15) is 0 Å². The van der Waals surface area contributed by atoms with E-state index in [1.165, 1.54) is 6.07 Å². The molecule has 28 heavy (non-hydrogen) atoms. The SMILES string of the molecule is C#CC(=O)N(c1cc(C)c(OC2CCC2)c(Cl)c1)C1(C=O)CCC(F)(F)CC1. The second kappa shape index (κ2) is 7.71. The molecule has 2 aliphatic rings. The number of nitrogens with zero attached hydrogens (tertiary/aromatic N) is 1. The highest BCUT2D eigenvalue weighted by atomic mass is 35.5. The minimum absolute atomic E-state index is 0.118. The molecule has 2 aliphatic carbocycles. The van der Waals surface area contributed by atoms with Gasteiger partial charge in [-0.15, -0.1) is 6.42 Å². The molecule has 0 aromatic heterocycles. The van der Waals surface area contributed by atoms with Gasteiger partial charge in [0.05, 0.1) is 11.1 Å². The lowest BCUT2D eigenvalue weighted by Gasteiger charge is -2.43. The third-order valence-electron chi connectivity index (χ3n) is 5.65. The summed E-state index contributed by atoms with van der Waals surface area (Å²) in [4.78, 5) is 25.7. The number of aldehydes is 1. The van der Waals surface area contributed by atoms with Crippen LogP contribution in [0.5, 0.6) is 5.75 Å². The van der Waals surface area contributed by atoms with Gasteiger partial charge in [0.15, 0.2) is 0 Å². The lowest BCUT2D eigenvalue weighted by molar-refractivity contribution is -0.124. The largest absolute Gasteiger partial charge is 0.489 e. The van der Waals surface area contributed by atoms with Crippen LogP contribution in [-0.2, 0) is 9.59 Å². The fraction of sp³-hybridized carbons (Fsp3) is 0.524. The number of rotatable bonds is 5. The topological polar surface area (TPSA) is 46.6 Å². The molecule has 0 bridgehead atoms. The Morgan fingerprint density at radius 2 is 1.96 bits per heavy atom. The van der Waals surface area contributed by atoms with Crippen LogP contribution in [0.4, 0.5) is 14.5 Å². The second-order valence-electron chi connectivity index (χ2n) is 7.61. The summed E-state index contributed by atoms with van der Waals surface area (Å²) in [6.45, 7) is 1.78. The number of halogens is 3. The monoisotopic (exact) mass is 409 g/mol. The van der Waals surface area contributed by atoms with Crippen LogP contribution < -0.4 is 9.64 Å². The summed E-state index contributed by atoms with van der Waals surface area (Å²) in [6.07, 6.45) is 7.69. The molecule has 1 aromatic carbocycles. The maximum atomic E-state index is 13.7. The van der Waals surface area contributed by atoms with E-state index in [2.05, 4.69) is 0 Å². The van der Waals surface area contributed by atoms with Crippen molar-refractivity contribution < 1.29 is 23.1 Å². The van der Waals surface area contributed by atoms with Crippen LogP contribution in [0.1, 0.15) is 50.5 Å². The van der Waals surface area contributed by atoms with Gasteiger partial charge in [0.2, 0.25) is 5.92 Å². The Labute approximate surface area is 168 Å². The van der Waals surface area contributed by atoms with Gasteiger partial charge >= 0.3 is 5.91 Å². The summed E-state index contributed by atoms with van der Waals surface area (Å²) in [6, 6.07) is 3.17. The van der Waals surface area contributed by atoms with Crippen molar-refractivity contribution >= 4 is 29.5 Å². The molecule has 1 amide bonds. The smallest absolute Gasteiger partial charge is 0.303 e. The van der Waals surface area contributed by atoms with Gasteiger partial charge in [-0.25, -0.2) is 8.78 Å². The number of alkyl halides is 2. The zero-order chi connectivity index (χ0) is 20.5. The third-order valence-corrected chi connectivity index (χ3v) is 5.93. The van der Waals surface area contributed by atoms with Gasteiger partial charge in [0.25, 0.3) is 0 Å². The summed E-state index contributed by atoms with van der Waals surface area (Å²) in [5.74, 6) is -1.08. The molecule has 0 aliphatic heterocycles. The number of hydrogen-bond donors (Lipinski definition) is 0. The first kappa shape index (κ1) is 20.6. The Balaban J connectivity index is 1.99. The predicted octanol–water partition coefficient (Wildman–Crippen LogP) is 4.69. The van der Waals surface area contributed by atoms with E-state index in [1.54, 1.807) is 13.0 Å². The average Bonchev–Trinajstić information content (AvgIpc) is 2.61. The molecule has 0 saturated heterocycles. The highest BCUT2D eigenvalue weighted by Gasteiger charge is 2.48. The van der Waals surface area contributed by atoms with Gasteiger partial charge in [0.1, 0.15) is 17.6 Å². The number of carbonyl (C=O) groups is 2. The van der Waals surface area contributed by atoms with Gasteiger partial charge in [-0.05, 0) is 62.6 Å². The number of anilines is 1. The van der Waals surface area contributed by atoms with E-state index in [4.69, 9.17) is 22.8 Å². The zero-order valence-corrected chi connectivity index (χ0v) is 16.4. The molecule has 3 rings (SSSR count). The first-order chi connectivity index (χ1) is 13.2. The van der Waals surface area contributed by atoms with Crippen molar-refractivity contribution in [1.82, 2.24) is 0 Å². The predicted molar refractivity (Wildman–Crippen MR) is 103 cm³/mol. The van der Waals surface area contributed by atoms with Crippen LogP contribution in [0.3, 0.4) is 0 Å². The molecule has 0 radical (unpaired) electrons. The lowest BCUT2D eigenvalue weighted by atomic mass is 9.79. The Kier molecular flexibility index (Phi) is 5.67. The summed E-state index contributed by atoms with van der Waals surface area (Å²) < 4.78 is 33.3. The van der Waals surface area contributed by atoms with Crippen molar-refractivity contribution in [3.63, 3.8) is 0 Å². The molecule has 0 heterocycles. The van der Waals surface area contributed by atoms with E-state index < -0.39 is 30.2 Å². The van der Waals surface area contributed by atoms with E-state index in [1.807, 2.05) is 5.92 Å². The van der Waals surface area contributed by atoms with Gasteiger partial charge < -0.3 is 9.53 Å². The Bertz CT molecular complexity index is 796. The van der Waals surface area contributed by atoms with Crippen LogP contribution >= 0.6 is 11.6 Å². The number of ether oxygens (including phenoxy) is 1. The Morgan fingerprint density at radius 1 is 1.32 bits per heavy atom. The third kappa shape index (κ3) is 3.86. The van der Waals surface area contributed by atoms with E-state index in [0.29, 0.717) is 28.3 Å². The normalized spacial score (nSPS) is 20.5. The van der Waals surface area contributed by atoms with Crippen molar-refractivity contribution in [2.24, 2.45) is 0 Å². The standard InChI is InChI=1S/C21H22ClF2NO3/c1-3-18(27)25(20(13-26)7-9-21(23,24)10-8-20)15-11-14(2)19(17(22)12-15)28-16-5-4-6-16/h1,11-13,16H,4-10H2,2H3. The molecule has 0 spiro atoms. The summed E-state index contributed by atoms with van der Waals surface area (Å²) in [5.41, 5.74) is -0.424. The summed E-state index contributed by atoms with van der Waals surface area (Å²) in [7, 11) is 0. The first-order valence-electron chi connectivity index (χ1n) is 9.33. The molecule has 150 valence electrons. The van der Waals surface area contributed by atoms with E-state index in [9.17, 15) is 18.4 Å². The lowest BCUT2D eigenvalue weighted by Crippen LogP contribution is -2.56. The van der Waals surface area contributed by atoms with Crippen molar-refractivity contribution in [3.05, 3.63) is 22.7 Å². The zero-order valence-electron chi connectivity index (χ0n) is 15.6. The van der Waals surface area contributed by atoms with Gasteiger partial charge in [-0.1, -0.05) is 11.6 Å². The fourth-order valence-electron chi connectivity index (χ4n) is 3.73. The van der Waals surface area contributed by atoms with Crippen molar-refractivity contribution in [3.8, 4) is 18.1 Å². The van der Waals surface area contributed by atoms with Crippen LogP contribution in [0, 0.1) is 19.3 Å². The maximum Gasteiger partial charge on any atom is 0.303 e. The van der Waals surface area contributed by atoms with Crippen LogP contribution in [-0.4, -0.2) is 29.8 Å². The van der Waals surface area contributed by atoms with E-state index >= 15 is 0 Å². The van der Waals surface area contributed by atoms with Gasteiger partial charge in [0, 0.05) is 18.5 Å². The van der Waals surface area contributed by atoms with E-state index in [-0.39, 0.29) is 18.9 Å². The number of aryl methyl sites for hydroxylation is 1. The summed E-state index contributed by atoms with van der Waals surface area (Å²) >= 11 is 6.40. The number of terminal acetylenes is 1.